The van der Waals surface area contributed by atoms with Gasteiger partial charge < -0.3 is 11.1 Å². The number of nitrogen functional groups attached to an aromatic ring is 1. The van der Waals surface area contributed by atoms with E-state index in [0.717, 1.165) is 0 Å². The molecule has 0 amide bonds. The van der Waals surface area contributed by atoms with Crippen LogP contribution in [-0.2, 0) is 10.0 Å². The maximum Gasteiger partial charge on any atom is 0.265 e. The Labute approximate surface area is 115 Å². The van der Waals surface area contributed by atoms with Gasteiger partial charge in [-0.3, -0.25) is 4.72 Å². The molecule has 0 spiro atoms. The van der Waals surface area contributed by atoms with E-state index < -0.39 is 32.2 Å². The highest BCUT2D eigenvalue weighted by atomic mass is 32.2. The van der Waals surface area contributed by atoms with Crippen molar-refractivity contribution in [3.8, 4) is 0 Å². The predicted octanol–water partition coefficient (Wildman–Crippen LogP) is 1.11. The molecule has 1 aromatic rings. The smallest absolute Gasteiger partial charge is 0.265 e. The Hall–Kier alpha value is -1.48. The number of nitrogens with one attached hydrogen (secondary N) is 2. The minimum Gasteiger partial charge on any atom is -0.398 e. The van der Waals surface area contributed by atoms with Crippen LogP contribution in [0.25, 0.3) is 0 Å². The van der Waals surface area contributed by atoms with Gasteiger partial charge in [-0.1, -0.05) is 0 Å². The minimum atomic E-state index is -4.16. The van der Waals surface area contributed by atoms with Crippen molar-refractivity contribution in [1.29, 1.82) is 0 Å². The molecule has 0 saturated carbocycles. The van der Waals surface area contributed by atoms with E-state index in [1.54, 1.807) is 13.8 Å². The molecule has 5 nitrogen and oxygen atoms in total. The first-order chi connectivity index (χ1) is 8.63. The molecule has 0 aliphatic carbocycles. The number of sulfonamides is 1. The fourth-order valence-electron chi connectivity index (χ4n) is 1.25. The lowest BCUT2D eigenvalue weighted by Gasteiger charge is -2.14. The number of hydrogen-bond donors (Lipinski definition) is 3. The molecule has 0 aliphatic rings. The van der Waals surface area contributed by atoms with E-state index in [9.17, 15) is 17.2 Å². The molecule has 0 saturated heterocycles. The van der Waals surface area contributed by atoms with E-state index in [1.807, 2.05) is 4.72 Å². The van der Waals surface area contributed by atoms with Crippen LogP contribution in [0.15, 0.2) is 17.0 Å². The van der Waals surface area contributed by atoms with E-state index >= 15 is 0 Å². The van der Waals surface area contributed by atoms with E-state index in [4.69, 9.17) is 18.0 Å². The van der Waals surface area contributed by atoms with E-state index in [2.05, 4.69) is 5.32 Å². The van der Waals surface area contributed by atoms with Gasteiger partial charge in [0.1, 0.15) is 4.90 Å². The van der Waals surface area contributed by atoms with Crippen molar-refractivity contribution in [3.63, 3.8) is 0 Å². The van der Waals surface area contributed by atoms with Crippen LogP contribution in [0.2, 0.25) is 0 Å². The van der Waals surface area contributed by atoms with Gasteiger partial charge in [-0.05, 0) is 32.1 Å². The Morgan fingerprint density at radius 1 is 1.32 bits per heavy atom. The Morgan fingerprint density at radius 2 is 1.84 bits per heavy atom. The molecule has 9 heteroatoms. The molecule has 19 heavy (non-hydrogen) atoms. The molecule has 0 fully saturated rings. The van der Waals surface area contributed by atoms with Crippen molar-refractivity contribution < 1.29 is 17.2 Å². The van der Waals surface area contributed by atoms with Gasteiger partial charge in [-0.15, -0.1) is 0 Å². The highest BCUT2D eigenvalue weighted by Crippen LogP contribution is 2.21. The number of nitrogens with two attached hydrogens (primary N) is 1. The Kier molecular flexibility index (Phi) is 4.64. The Bertz CT molecular complexity index is 603. The highest BCUT2D eigenvalue weighted by molar-refractivity contribution is 7.92. The molecule has 0 radical (unpaired) electrons. The third-order valence-corrected chi connectivity index (χ3v) is 3.74. The zero-order chi connectivity index (χ0) is 14.8. The maximum absolute atomic E-state index is 13.1. The van der Waals surface area contributed by atoms with Crippen molar-refractivity contribution in [1.82, 2.24) is 10.0 Å². The van der Waals surface area contributed by atoms with Gasteiger partial charge >= 0.3 is 0 Å². The first-order valence-corrected chi connectivity index (χ1v) is 7.10. The molecule has 0 heterocycles. The molecular weight excluding hydrogens is 296 g/mol. The van der Waals surface area contributed by atoms with Crippen LogP contribution in [0.4, 0.5) is 14.5 Å². The van der Waals surface area contributed by atoms with Gasteiger partial charge in [-0.25, -0.2) is 17.2 Å². The molecule has 0 aromatic heterocycles. The summed E-state index contributed by atoms with van der Waals surface area (Å²) in [4.78, 5) is -0.570. The normalized spacial score (nSPS) is 11.4. The van der Waals surface area contributed by atoms with Crippen molar-refractivity contribution in [2.75, 3.05) is 5.73 Å². The quantitative estimate of drug-likeness (QED) is 0.575. The lowest BCUT2D eigenvalue weighted by Crippen LogP contribution is -2.42. The van der Waals surface area contributed by atoms with Gasteiger partial charge in [0.15, 0.2) is 16.7 Å². The fraction of sp³-hybridized carbons (Fsp3) is 0.300. The molecule has 106 valence electrons. The summed E-state index contributed by atoms with van der Waals surface area (Å²) in [6, 6.07) is 1.02. The van der Waals surface area contributed by atoms with Crippen LogP contribution in [0.1, 0.15) is 13.8 Å². The topological polar surface area (TPSA) is 84.2 Å². The SMILES string of the molecule is CC(C)NC(=S)NS(=O)(=O)c1cc(F)c(F)cc1N. The standard InChI is InChI=1S/C10H13F2N3O2S2/c1-5(2)14-10(18)15-19(16,17)9-4-7(12)6(11)3-8(9)13/h3-5H,13H2,1-2H3,(H2,14,15,18). The lowest BCUT2D eigenvalue weighted by atomic mass is 10.3. The van der Waals surface area contributed by atoms with Crippen LogP contribution in [0, 0.1) is 11.6 Å². The molecule has 0 atom stereocenters. The average Bonchev–Trinajstić information content (AvgIpc) is 2.20. The molecular formula is C10H13F2N3O2S2. The summed E-state index contributed by atoms with van der Waals surface area (Å²) in [7, 11) is -4.16. The molecule has 0 bridgehead atoms. The summed E-state index contributed by atoms with van der Waals surface area (Å²) in [5.74, 6) is -2.53. The Morgan fingerprint density at radius 3 is 2.37 bits per heavy atom. The van der Waals surface area contributed by atoms with Crippen LogP contribution in [0.3, 0.4) is 0 Å². The number of anilines is 1. The summed E-state index contributed by atoms with van der Waals surface area (Å²) in [6.45, 7) is 3.51. The fourth-order valence-corrected chi connectivity index (χ4v) is 2.85. The van der Waals surface area contributed by atoms with E-state index in [-0.39, 0.29) is 11.2 Å². The zero-order valence-corrected chi connectivity index (χ0v) is 11.8. The van der Waals surface area contributed by atoms with Crippen LogP contribution in [0.5, 0.6) is 0 Å². The van der Waals surface area contributed by atoms with E-state index in [0.29, 0.717) is 12.1 Å². The summed E-state index contributed by atoms with van der Waals surface area (Å²) in [5.41, 5.74) is 4.96. The van der Waals surface area contributed by atoms with Gasteiger partial charge in [-0.2, -0.15) is 0 Å². The van der Waals surface area contributed by atoms with Crippen molar-refractivity contribution in [3.05, 3.63) is 23.8 Å². The van der Waals surface area contributed by atoms with Crippen molar-refractivity contribution in [2.45, 2.75) is 24.8 Å². The van der Waals surface area contributed by atoms with E-state index in [1.165, 1.54) is 0 Å². The molecule has 0 aliphatic heterocycles. The largest absolute Gasteiger partial charge is 0.398 e. The summed E-state index contributed by atoms with van der Waals surface area (Å²) in [5, 5.41) is 2.49. The van der Waals surface area contributed by atoms with Crippen LogP contribution >= 0.6 is 12.2 Å². The second kappa shape index (κ2) is 5.66. The monoisotopic (exact) mass is 309 g/mol. The third-order valence-electron chi connectivity index (χ3n) is 1.99. The maximum atomic E-state index is 13.1. The van der Waals surface area contributed by atoms with Gasteiger partial charge in [0.2, 0.25) is 0 Å². The second-order valence-electron chi connectivity index (χ2n) is 4.04. The zero-order valence-electron chi connectivity index (χ0n) is 10.2. The highest BCUT2D eigenvalue weighted by Gasteiger charge is 2.21. The van der Waals surface area contributed by atoms with Crippen molar-refractivity contribution >= 4 is 33.0 Å². The number of benzene rings is 1. The van der Waals surface area contributed by atoms with Gasteiger partial charge in [0.25, 0.3) is 10.0 Å². The predicted molar refractivity (Wildman–Crippen MR) is 72.0 cm³/mol. The summed E-state index contributed by atoms with van der Waals surface area (Å²) >= 11 is 4.77. The average molecular weight is 309 g/mol. The van der Waals surface area contributed by atoms with Gasteiger partial charge in [0.05, 0.1) is 5.69 Å². The van der Waals surface area contributed by atoms with Gasteiger partial charge in [0, 0.05) is 12.1 Å². The first kappa shape index (κ1) is 15.6. The third kappa shape index (κ3) is 4.00. The minimum absolute atomic E-state index is 0.0856. The number of halogens is 2. The van der Waals surface area contributed by atoms with Crippen molar-refractivity contribution in [2.24, 2.45) is 0 Å². The second-order valence-corrected chi connectivity index (χ2v) is 6.10. The molecule has 1 aromatic carbocycles. The molecule has 1 rings (SSSR count). The lowest BCUT2D eigenvalue weighted by molar-refractivity contribution is 0.505. The number of thiocarbonyl (C=S) groups is 1. The Balaban J connectivity index is 3.08. The number of hydrogen-bond acceptors (Lipinski definition) is 4. The summed E-state index contributed by atoms with van der Waals surface area (Å²) in [6.07, 6.45) is 0. The molecule has 4 N–H and O–H groups in total. The number of rotatable bonds is 3. The first-order valence-electron chi connectivity index (χ1n) is 5.21. The van der Waals surface area contributed by atoms with Crippen LogP contribution < -0.4 is 15.8 Å². The van der Waals surface area contributed by atoms with Crippen LogP contribution in [-0.4, -0.2) is 19.6 Å². The molecule has 0 unspecified atom stereocenters. The summed E-state index contributed by atoms with van der Waals surface area (Å²) < 4.78 is 51.8.